The lowest BCUT2D eigenvalue weighted by Gasteiger charge is -2.06. The Morgan fingerprint density at radius 3 is 2.63 bits per heavy atom. The van der Waals surface area contributed by atoms with Crippen LogP contribution in [0.1, 0.15) is 23.7 Å². The van der Waals surface area contributed by atoms with Gasteiger partial charge in [0.25, 0.3) is 11.9 Å². The van der Waals surface area contributed by atoms with Crippen molar-refractivity contribution in [1.29, 1.82) is 0 Å². The summed E-state index contributed by atoms with van der Waals surface area (Å²) in [6.07, 6.45) is 0.964. The number of hydrogen-bond acceptors (Lipinski definition) is 5. The van der Waals surface area contributed by atoms with Crippen molar-refractivity contribution in [2.24, 2.45) is 0 Å². The first-order valence-corrected chi connectivity index (χ1v) is 8.78. The van der Waals surface area contributed by atoms with E-state index in [1.165, 1.54) is 0 Å². The fourth-order valence-corrected chi connectivity index (χ4v) is 3.12. The number of benzene rings is 2. The molecule has 2 heterocycles. The molecule has 0 aliphatic rings. The molecule has 0 aliphatic carbocycles. The number of carbonyl (C=O) groups is 1. The topological polar surface area (TPSA) is 81.9 Å². The monoisotopic (exact) mass is 361 g/mol. The maximum atomic E-state index is 12.5. The van der Waals surface area contributed by atoms with E-state index in [2.05, 4.69) is 32.0 Å². The number of nitrogens with one attached hydrogen (secondary N) is 1. The van der Waals surface area contributed by atoms with Crippen molar-refractivity contribution in [3.8, 4) is 5.75 Å². The molecule has 2 aromatic carbocycles. The summed E-state index contributed by atoms with van der Waals surface area (Å²) in [5.41, 5.74) is 3.02. The molecule has 0 saturated carbocycles. The number of ether oxygens (including phenoxy) is 1. The van der Waals surface area contributed by atoms with Crippen LogP contribution in [0.5, 0.6) is 5.75 Å². The third-order valence-corrected chi connectivity index (χ3v) is 4.40. The molecular weight excluding hydrogens is 342 g/mol. The first-order chi connectivity index (χ1) is 13.2. The summed E-state index contributed by atoms with van der Waals surface area (Å²) in [5, 5.41) is 12.1. The van der Waals surface area contributed by atoms with Gasteiger partial charge in [0.15, 0.2) is 5.65 Å². The molecule has 0 spiro atoms. The van der Waals surface area contributed by atoms with Gasteiger partial charge in [-0.15, -0.1) is 10.2 Å². The van der Waals surface area contributed by atoms with Gasteiger partial charge in [-0.05, 0) is 36.8 Å². The minimum atomic E-state index is -0.294. The first kappa shape index (κ1) is 17.0. The van der Waals surface area contributed by atoms with E-state index in [0.717, 1.165) is 35.0 Å². The second-order valence-electron chi connectivity index (χ2n) is 6.16. The molecular formula is C20H19N5O2. The van der Waals surface area contributed by atoms with Gasteiger partial charge in [0.1, 0.15) is 11.3 Å². The fourth-order valence-electron chi connectivity index (χ4n) is 3.12. The van der Waals surface area contributed by atoms with Crippen LogP contribution >= 0.6 is 0 Å². The number of methoxy groups -OCH3 is 1. The van der Waals surface area contributed by atoms with Gasteiger partial charge >= 0.3 is 0 Å². The Labute approximate surface area is 156 Å². The highest BCUT2D eigenvalue weighted by molar-refractivity contribution is 6.06. The number of rotatable bonds is 5. The molecule has 1 amide bonds. The molecule has 0 aliphatic heterocycles. The number of hydrogen-bond donors (Lipinski definition) is 1. The van der Waals surface area contributed by atoms with Crippen molar-refractivity contribution in [2.45, 2.75) is 19.9 Å². The SMILES string of the molecule is CCCn1c2ccccc2c2nnc(NC(=O)c3ccc(OC)cc3)nc21. The lowest BCUT2D eigenvalue weighted by Crippen LogP contribution is -2.15. The Bertz CT molecular complexity index is 1120. The van der Waals surface area contributed by atoms with Crippen LogP contribution in [0.3, 0.4) is 0 Å². The summed E-state index contributed by atoms with van der Waals surface area (Å²) in [6.45, 7) is 2.93. The van der Waals surface area contributed by atoms with Crippen molar-refractivity contribution in [2.75, 3.05) is 12.4 Å². The molecule has 0 fully saturated rings. The van der Waals surface area contributed by atoms with E-state index in [4.69, 9.17) is 4.74 Å². The summed E-state index contributed by atoms with van der Waals surface area (Å²) in [6, 6.07) is 14.9. The molecule has 1 N–H and O–H groups in total. The molecule has 0 bridgehead atoms. The Morgan fingerprint density at radius 2 is 1.89 bits per heavy atom. The summed E-state index contributed by atoms with van der Waals surface area (Å²) in [4.78, 5) is 17.0. The van der Waals surface area contributed by atoms with E-state index in [0.29, 0.717) is 11.3 Å². The summed E-state index contributed by atoms with van der Waals surface area (Å²) >= 11 is 0. The third-order valence-electron chi connectivity index (χ3n) is 4.40. The van der Waals surface area contributed by atoms with E-state index < -0.39 is 0 Å². The number of nitrogens with zero attached hydrogens (tertiary/aromatic N) is 4. The van der Waals surface area contributed by atoms with Gasteiger partial charge in [-0.2, -0.15) is 4.98 Å². The van der Waals surface area contributed by atoms with Gasteiger partial charge < -0.3 is 9.30 Å². The number of aryl methyl sites for hydroxylation is 1. The molecule has 4 aromatic rings. The summed E-state index contributed by atoms with van der Waals surface area (Å²) in [5.74, 6) is 0.579. The van der Waals surface area contributed by atoms with Gasteiger partial charge in [-0.3, -0.25) is 10.1 Å². The van der Waals surface area contributed by atoms with Crippen LogP contribution in [0.4, 0.5) is 5.95 Å². The van der Waals surface area contributed by atoms with E-state index in [9.17, 15) is 4.79 Å². The van der Waals surface area contributed by atoms with Crippen molar-refractivity contribution in [3.63, 3.8) is 0 Å². The predicted molar refractivity (Wildman–Crippen MR) is 104 cm³/mol. The zero-order valence-corrected chi connectivity index (χ0v) is 15.1. The smallest absolute Gasteiger partial charge is 0.258 e. The molecule has 2 aromatic heterocycles. The van der Waals surface area contributed by atoms with Crippen molar-refractivity contribution < 1.29 is 9.53 Å². The highest BCUT2D eigenvalue weighted by atomic mass is 16.5. The third kappa shape index (κ3) is 3.08. The first-order valence-electron chi connectivity index (χ1n) is 8.78. The van der Waals surface area contributed by atoms with Crippen LogP contribution in [0.2, 0.25) is 0 Å². The largest absolute Gasteiger partial charge is 0.497 e. The van der Waals surface area contributed by atoms with Crippen LogP contribution in [0, 0.1) is 0 Å². The van der Waals surface area contributed by atoms with E-state index in [1.54, 1.807) is 31.4 Å². The molecule has 0 unspecified atom stereocenters. The Balaban J connectivity index is 1.71. The van der Waals surface area contributed by atoms with Gasteiger partial charge in [-0.1, -0.05) is 25.1 Å². The Hall–Kier alpha value is -3.48. The van der Waals surface area contributed by atoms with Crippen LogP contribution in [0.25, 0.3) is 22.1 Å². The summed E-state index contributed by atoms with van der Waals surface area (Å²) < 4.78 is 7.22. The molecule has 0 radical (unpaired) electrons. The van der Waals surface area contributed by atoms with Crippen LogP contribution in [-0.2, 0) is 6.54 Å². The van der Waals surface area contributed by atoms with Crippen molar-refractivity contribution >= 4 is 33.9 Å². The van der Waals surface area contributed by atoms with Gasteiger partial charge in [-0.25, -0.2) is 0 Å². The number of amides is 1. The Morgan fingerprint density at radius 1 is 1.11 bits per heavy atom. The maximum absolute atomic E-state index is 12.5. The molecule has 4 rings (SSSR count). The van der Waals surface area contributed by atoms with E-state index in [1.807, 2.05) is 24.3 Å². The number of anilines is 1. The van der Waals surface area contributed by atoms with E-state index in [-0.39, 0.29) is 11.9 Å². The number of aromatic nitrogens is 4. The average Bonchev–Trinajstić information content (AvgIpc) is 3.02. The molecule has 0 atom stereocenters. The van der Waals surface area contributed by atoms with Crippen LogP contribution in [0.15, 0.2) is 48.5 Å². The minimum absolute atomic E-state index is 0.184. The number of fused-ring (bicyclic) bond motifs is 3. The standard InChI is InChI=1S/C20H19N5O2/c1-3-12-25-16-7-5-4-6-15(16)17-18(25)21-20(24-23-17)22-19(26)13-8-10-14(27-2)11-9-13/h4-11H,3,12H2,1-2H3,(H,21,22,24,26). The lowest BCUT2D eigenvalue weighted by atomic mass is 10.2. The highest BCUT2D eigenvalue weighted by Crippen LogP contribution is 2.26. The molecule has 7 heteroatoms. The predicted octanol–water partition coefficient (Wildman–Crippen LogP) is 3.65. The van der Waals surface area contributed by atoms with Crippen LogP contribution in [-0.4, -0.2) is 32.8 Å². The quantitative estimate of drug-likeness (QED) is 0.587. The second kappa shape index (κ2) is 7.03. The molecule has 136 valence electrons. The maximum Gasteiger partial charge on any atom is 0.258 e. The normalized spacial score (nSPS) is 11.0. The lowest BCUT2D eigenvalue weighted by molar-refractivity contribution is 0.102. The van der Waals surface area contributed by atoms with Gasteiger partial charge in [0.05, 0.1) is 12.6 Å². The van der Waals surface area contributed by atoms with Gasteiger partial charge in [0.2, 0.25) is 0 Å². The minimum Gasteiger partial charge on any atom is -0.497 e. The second-order valence-corrected chi connectivity index (χ2v) is 6.16. The molecule has 7 nitrogen and oxygen atoms in total. The fraction of sp³-hybridized carbons (Fsp3) is 0.200. The van der Waals surface area contributed by atoms with Gasteiger partial charge in [0, 0.05) is 17.5 Å². The molecule has 27 heavy (non-hydrogen) atoms. The van der Waals surface area contributed by atoms with Crippen LogP contribution < -0.4 is 10.1 Å². The average molecular weight is 361 g/mol. The van der Waals surface area contributed by atoms with Crippen molar-refractivity contribution in [3.05, 3.63) is 54.1 Å². The number of para-hydroxylation sites is 1. The summed E-state index contributed by atoms with van der Waals surface area (Å²) in [7, 11) is 1.58. The molecule has 0 saturated heterocycles. The Kier molecular flexibility index (Phi) is 4.42. The number of carbonyl (C=O) groups excluding carboxylic acids is 1. The zero-order chi connectivity index (χ0) is 18.8. The van der Waals surface area contributed by atoms with E-state index >= 15 is 0 Å². The van der Waals surface area contributed by atoms with Crippen molar-refractivity contribution in [1.82, 2.24) is 19.7 Å². The zero-order valence-electron chi connectivity index (χ0n) is 15.1. The highest BCUT2D eigenvalue weighted by Gasteiger charge is 2.15.